The Morgan fingerprint density at radius 1 is 1.14 bits per heavy atom. The Morgan fingerprint density at radius 3 is 2.27 bits per heavy atom. The molecule has 0 saturated carbocycles. The van der Waals surface area contributed by atoms with Gasteiger partial charge in [-0.05, 0) is 29.2 Å². The summed E-state index contributed by atoms with van der Waals surface area (Å²) in [6.07, 6.45) is 5.07. The second kappa shape index (κ2) is 9.31. The molecule has 0 saturated heterocycles. The molecule has 2 rings (SSSR count). The van der Waals surface area contributed by atoms with Gasteiger partial charge in [0.2, 0.25) is 0 Å². The van der Waals surface area contributed by atoms with Crippen molar-refractivity contribution in [1.29, 1.82) is 0 Å². The van der Waals surface area contributed by atoms with Crippen LogP contribution in [-0.2, 0) is 22.4 Å². The van der Waals surface area contributed by atoms with Gasteiger partial charge in [-0.2, -0.15) is 0 Å². The van der Waals surface area contributed by atoms with Crippen molar-refractivity contribution in [3.8, 4) is 5.75 Å². The maximum absolute atomic E-state index is 10.3. The maximum atomic E-state index is 10.3. The molecule has 1 heterocycles. The summed E-state index contributed by atoms with van der Waals surface area (Å²) < 4.78 is 0. The third-order valence-electron chi connectivity index (χ3n) is 2.89. The van der Waals surface area contributed by atoms with Gasteiger partial charge in [-0.15, -0.1) is 0 Å². The quantitative estimate of drug-likeness (QED) is 0.580. The first-order valence-corrected chi connectivity index (χ1v) is 10.9. The van der Waals surface area contributed by atoms with Gasteiger partial charge in [0.1, 0.15) is 5.75 Å². The van der Waals surface area contributed by atoms with Gasteiger partial charge < -0.3 is 5.11 Å². The number of benzene rings is 1. The van der Waals surface area contributed by atoms with Gasteiger partial charge in [-0.1, -0.05) is 32.9 Å². The predicted octanol–water partition coefficient (Wildman–Crippen LogP) is 5.21. The first-order chi connectivity index (χ1) is 10.4. The number of rotatable bonds is 2. The molecule has 0 radical (unpaired) electrons. The van der Waals surface area contributed by atoms with Crippen LogP contribution < -0.4 is 0 Å². The van der Waals surface area contributed by atoms with E-state index < -0.39 is 17.0 Å². The van der Waals surface area contributed by atoms with Gasteiger partial charge >= 0.3 is 35.6 Å². The Labute approximate surface area is 148 Å². The van der Waals surface area contributed by atoms with Crippen molar-refractivity contribution in [3.63, 3.8) is 0 Å². The Hall–Kier alpha value is -0.866. The first-order valence-electron chi connectivity index (χ1n) is 6.63. The van der Waals surface area contributed by atoms with Crippen LogP contribution in [-0.4, -0.2) is 16.3 Å². The van der Waals surface area contributed by atoms with E-state index in [4.69, 9.17) is 18.6 Å². The number of phenols is 1. The number of hydrogen-bond donors (Lipinski definition) is 1. The van der Waals surface area contributed by atoms with E-state index in [9.17, 15) is 5.11 Å². The van der Waals surface area contributed by atoms with Crippen LogP contribution in [0.2, 0.25) is 0 Å². The predicted molar refractivity (Wildman–Crippen MR) is 90.0 cm³/mol. The molecule has 1 N–H and O–H groups in total. The Bertz CT molecular complexity index is 613. The molecule has 6 heteroatoms. The number of aromatic nitrogens is 1. The van der Waals surface area contributed by atoms with Crippen LogP contribution in [0.25, 0.3) is 0 Å². The van der Waals surface area contributed by atoms with Crippen molar-refractivity contribution >= 4 is 30.5 Å². The summed E-state index contributed by atoms with van der Waals surface area (Å²) in [5.74, 6) is 0.299. The second-order valence-corrected chi connectivity index (χ2v) is 8.11. The standard InChI is InChI=1S/C16H18N2O.2ClH.Ti/c1-16(2,3)14-6-4-5-12(15(14)19)11-18-13-7-9-17-10-8-13;;;/h4-11,19H,1-3H3;2*1H;/q;;;+2/p-2. The molecular weight excluding hydrogens is 355 g/mol. The summed E-state index contributed by atoms with van der Waals surface area (Å²) in [5.41, 5.74) is 2.37. The van der Waals surface area contributed by atoms with Crippen LogP contribution >= 0.6 is 18.6 Å². The fourth-order valence-electron chi connectivity index (χ4n) is 1.84. The average Bonchev–Trinajstić information content (AvgIpc) is 2.47. The first kappa shape index (κ1) is 19.2. The Kier molecular flexibility index (Phi) is 8.12. The van der Waals surface area contributed by atoms with Crippen molar-refractivity contribution in [2.75, 3.05) is 0 Å². The van der Waals surface area contributed by atoms with E-state index in [1.807, 2.05) is 30.3 Å². The number of para-hydroxylation sites is 1. The van der Waals surface area contributed by atoms with Crippen LogP contribution in [0.4, 0.5) is 5.69 Å². The molecule has 116 valence electrons. The van der Waals surface area contributed by atoms with E-state index >= 15 is 0 Å². The summed E-state index contributed by atoms with van der Waals surface area (Å²) in [4.78, 5) is 8.28. The van der Waals surface area contributed by atoms with Crippen LogP contribution in [0, 0.1) is 0 Å². The molecule has 3 nitrogen and oxygen atoms in total. The molecule has 22 heavy (non-hydrogen) atoms. The van der Waals surface area contributed by atoms with E-state index in [1.165, 1.54) is 0 Å². The van der Waals surface area contributed by atoms with Crippen molar-refractivity contribution in [3.05, 3.63) is 53.9 Å². The molecule has 0 unspecified atom stereocenters. The molecule has 1 aromatic heterocycles. The molecular formula is C16H18Cl2N2OTi. The summed E-state index contributed by atoms with van der Waals surface area (Å²) in [6, 6.07) is 9.38. The van der Waals surface area contributed by atoms with Gasteiger partial charge in [-0.25, -0.2) is 0 Å². The fraction of sp³-hybridized carbons (Fsp3) is 0.250. The molecule has 0 amide bonds. The monoisotopic (exact) mass is 372 g/mol. The van der Waals surface area contributed by atoms with E-state index in [0.29, 0.717) is 5.75 Å². The SMILES string of the molecule is CC(C)(C)c1cccc(C=Nc2ccncc2)c1O.[Cl][Ti][Cl]. The summed E-state index contributed by atoms with van der Waals surface area (Å²) in [5, 5.41) is 10.3. The average molecular weight is 373 g/mol. The van der Waals surface area contributed by atoms with E-state index in [2.05, 4.69) is 30.7 Å². The van der Waals surface area contributed by atoms with Crippen molar-refractivity contribution in [1.82, 2.24) is 4.98 Å². The van der Waals surface area contributed by atoms with Crippen LogP contribution in [0.3, 0.4) is 0 Å². The fourth-order valence-corrected chi connectivity index (χ4v) is 1.84. The van der Waals surface area contributed by atoms with Crippen LogP contribution in [0.5, 0.6) is 5.75 Å². The van der Waals surface area contributed by atoms with Gasteiger partial charge in [0.05, 0.1) is 5.69 Å². The minimum absolute atomic E-state index is 0.0927. The van der Waals surface area contributed by atoms with E-state index in [0.717, 1.165) is 16.8 Å². The Morgan fingerprint density at radius 2 is 1.73 bits per heavy atom. The number of nitrogens with zero attached hydrogens (tertiary/aromatic N) is 2. The molecule has 0 spiro atoms. The summed E-state index contributed by atoms with van der Waals surface area (Å²) in [7, 11) is 9.78. The van der Waals surface area contributed by atoms with Crippen LogP contribution in [0.1, 0.15) is 31.9 Å². The summed E-state index contributed by atoms with van der Waals surface area (Å²) >= 11 is -0.556. The Balaban J connectivity index is 0.000000745. The zero-order valence-corrected chi connectivity index (χ0v) is 15.8. The molecule has 1 aromatic carbocycles. The number of phenolic OH excluding ortho intramolecular Hbond substituents is 1. The zero-order valence-electron chi connectivity index (χ0n) is 12.7. The number of aliphatic imine (C=N–C) groups is 1. The summed E-state index contributed by atoms with van der Waals surface area (Å²) in [6.45, 7) is 6.23. The topological polar surface area (TPSA) is 45.5 Å². The third kappa shape index (κ3) is 6.09. The van der Waals surface area contributed by atoms with Crippen molar-refractivity contribution < 1.29 is 22.1 Å². The molecule has 0 atom stereocenters. The number of hydrogen-bond acceptors (Lipinski definition) is 3. The van der Waals surface area contributed by atoms with Crippen molar-refractivity contribution in [2.24, 2.45) is 4.99 Å². The van der Waals surface area contributed by atoms with Crippen molar-refractivity contribution in [2.45, 2.75) is 26.2 Å². The minimum atomic E-state index is -0.556. The van der Waals surface area contributed by atoms with Crippen LogP contribution in [0.15, 0.2) is 47.7 Å². The third-order valence-corrected chi connectivity index (χ3v) is 2.89. The molecule has 0 fully saturated rings. The number of halogens is 2. The number of aromatic hydroxyl groups is 1. The van der Waals surface area contributed by atoms with E-state index in [1.54, 1.807) is 18.6 Å². The second-order valence-electron chi connectivity index (χ2n) is 5.53. The molecule has 2 aromatic rings. The van der Waals surface area contributed by atoms with E-state index in [-0.39, 0.29) is 5.41 Å². The molecule has 0 aliphatic heterocycles. The normalized spacial score (nSPS) is 11.0. The number of pyridine rings is 1. The van der Waals surface area contributed by atoms with Gasteiger partial charge in [-0.3, -0.25) is 9.98 Å². The van der Waals surface area contributed by atoms with Gasteiger partial charge in [0, 0.05) is 24.2 Å². The molecule has 0 bridgehead atoms. The van der Waals surface area contributed by atoms with Gasteiger partial charge in [0.15, 0.2) is 0 Å². The molecule has 0 aliphatic rings. The molecule has 0 aliphatic carbocycles. The van der Waals surface area contributed by atoms with Gasteiger partial charge in [0.25, 0.3) is 0 Å². The zero-order chi connectivity index (χ0) is 16.6.